The fraction of sp³-hybridized carbons (Fsp3) is 0.333. The van der Waals surface area contributed by atoms with Crippen LogP contribution in [0.3, 0.4) is 0 Å². The van der Waals surface area contributed by atoms with Gasteiger partial charge in [0.05, 0.1) is 10.6 Å². The molecule has 1 fully saturated rings. The fourth-order valence-corrected chi connectivity index (χ4v) is 3.58. The van der Waals surface area contributed by atoms with Gasteiger partial charge in [-0.25, -0.2) is 0 Å². The lowest BCUT2D eigenvalue weighted by Crippen LogP contribution is -2.23. The third kappa shape index (κ3) is 3.94. The maximum absolute atomic E-state index is 12.3. The summed E-state index contributed by atoms with van der Waals surface area (Å²) in [5.74, 6) is -0.673. The van der Waals surface area contributed by atoms with Gasteiger partial charge in [0.1, 0.15) is 0 Å². The quantitative estimate of drug-likeness (QED) is 0.892. The van der Waals surface area contributed by atoms with Crippen LogP contribution in [0.15, 0.2) is 35.7 Å². The van der Waals surface area contributed by atoms with Gasteiger partial charge in [0.25, 0.3) is 11.8 Å². The van der Waals surface area contributed by atoms with Gasteiger partial charge < -0.3 is 16.0 Å². The highest BCUT2D eigenvalue weighted by Crippen LogP contribution is 2.22. The Morgan fingerprint density at radius 1 is 1.04 bits per heavy atom. The van der Waals surface area contributed by atoms with Crippen LogP contribution >= 0.6 is 11.3 Å². The number of benzene rings is 1. The van der Waals surface area contributed by atoms with Crippen LogP contribution in [0.4, 0.5) is 11.4 Å². The first kappa shape index (κ1) is 16.5. The van der Waals surface area contributed by atoms with Crippen LogP contribution < -0.4 is 16.0 Å². The van der Waals surface area contributed by atoms with E-state index >= 15 is 0 Å². The van der Waals surface area contributed by atoms with Crippen LogP contribution in [0.1, 0.15) is 45.7 Å². The summed E-state index contributed by atoms with van der Waals surface area (Å²) in [6.45, 7) is 2.16. The average molecular weight is 343 g/mol. The Kier molecular flexibility index (Phi) is 5.15. The number of anilines is 2. The Balaban J connectivity index is 1.65. The largest absolute Gasteiger partial charge is 0.372 e. The lowest BCUT2D eigenvalue weighted by molar-refractivity contribution is 0.0999. The smallest absolute Gasteiger partial charge is 0.258 e. The van der Waals surface area contributed by atoms with Gasteiger partial charge in [-0.15, -0.1) is 11.3 Å². The molecule has 126 valence electrons. The Morgan fingerprint density at radius 2 is 1.71 bits per heavy atom. The van der Waals surface area contributed by atoms with Crippen molar-refractivity contribution in [1.82, 2.24) is 0 Å². The van der Waals surface area contributed by atoms with Crippen LogP contribution in [0.25, 0.3) is 0 Å². The molecule has 0 atom stereocenters. The van der Waals surface area contributed by atoms with Gasteiger partial charge in [-0.2, -0.15) is 0 Å². The van der Waals surface area contributed by atoms with Crippen molar-refractivity contribution >= 4 is 34.5 Å². The lowest BCUT2D eigenvalue weighted by atomic mass is 10.1. The molecule has 1 aliphatic rings. The Hall–Kier alpha value is -2.34. The molecule has 3 N–H and O–H groups in total. The van der Waals surface area contributed by atoms with E-state index in [0.29, 0.717) is 16.1 Å². The first-order valence-corrected chi connectivity index (χ1v) is 9.06. The number of rotatable bonds is 4. The lowest BCUT2D eigenvalue weighted by Gasteiger charge is -2.22. The minimum Gasteiger partial charge on any atom is -0.372 e. The van der Waals surface area contributed by atoms with Crippen molar-refractivity contribution in [3.8, 4) is 0 Å². The number of carbonyl (C=O) groups excluding carboxylic acids is 2. The molecule has 1 aromatic heterocycles. The minimum atomic E-state index is -0.484. The highest BCUT2D eigenvalue weighted by Gasteiger charge is 2.12. The number of thiophene rings is 1. The summed E-state index contributed by atoms with van der Waals surface area (Å²) in [5, 5.41) is 4.50. The van der Waals surface area contributed by atoms with E-state index in [-0.39, 0.29) is 5.91 Å². The van der Waals surface area contributed by atoms with Crippen LogP contribution in [-0.2, 0) is 0 Å². The topological polar surface area (TPSA) is 75.4 Å². The van der Waals surface area contributed by atoms with E-state index in [4.69, 9.17) is 5.73 Å². The van der Waals surface area contributed by atoms with E-state index in [9.17, 15) is 9.59 Å². The number of nitrogens with one attached hydrogen (secondary N) is 1. The molecule has 3 rings (SSSR count). The normalized spacial score (nSPS) is 14.9. The van der Waals surface area contributed by atoms with Crippen molar-refractivity contribution in [3.05, 3.63) is 46.2 Å². The van der Waals surface area contributed by atoms with Gasteiger partial charge in [0, 0.05) is 29.7 Å². The average Bonchev–Trinajstić information content (AvgIpc) is 2.89. The summed E-state index contributed by atoms with van der Waals surface area (Å²) in [5.41, 5.74) is 7.58. The molecular formula is C18H21N3O2S. The number of carbonyl (C=O) groups is 2. The summed E-state index contributed by atoms with van der Waals surface area (Å²) in [4.78, 5) is 26.2. The number of hydrogen-bond acceptors (Lipinski definition) is 4. The van der Waals surface area contributed by atoms with E-state index in [0.717, 1.165) is 13.1 Å². The molecule has 1 saturated heterocycles. The maximum Gasteiger partial charge on any atom is 0.258 e. The molecule has 1 aromatic carbocycles. The van der Waals surface area contributed by atoms with Crippen molar-refractivity contribution < 1.29 is 9.59 Å². The van der Waals surface area contributed by atoms with Gasteiger partial charge in [0.2, 0.25) is 0 Å². The van der Waals surface area contributed by atoms with Crippen molar-refractivity contribution in [2.24, 2.45) is 5.73 Å². The van der Waals surface area contributed by atoms with Crippen molar-refractivity contribution in [2.45, 2.75) is 25.7 Å². The molecular weight excluding hydrogens is 322 g/mol. The van der Waals surface area contributed by atoms with Crippen LogP contribution in [0.5, 0.6) is 0 Å². The van der Waals surface area contributed by atoms with Crippen molar-refractivity contribution in [3.63, 3.8) is 0 Å². The third-order valence-corrected chi connectivity index (χ3v) is 5.15. The van der Waals surface area contributed by atoms with E-state index in [1.165, 1.54) is 42.7 Å². The summed E-state index contributed by atoms with van der Waals surface area (Å²) >= 11 is 1.22. The van der Waals surface area contributed by atoms with Crippen LogP contribution in [0.2, 0.25) is 0 Å². The molecule has 2 aromatic rings. The van der Waals surface area contributed by atoms with Gasteiger partial charge in [-0.05, 0) is 43.2 Å². The molecule has 0 aliphatic carbocycles. The molecule has 1 aliphatic heterocycles. The minimum absolute atomic E-state index is 0.189. The number of nitrogens with zero attached hydrogens (tertiary/aromatic N) is 1. The second kappa shape index (κ2) is 7.49. The van der Waals surface area contributed by atoms with Crippen molar-refractivity contribution in [2.75, 3.05) is 23.3 Å². The molecule has 6 heteroatoms. The zero-order valence-corrected chi connectivity index (χ0v) is 14.3. The highest BCUT2D eigenvalue weighted by atomic mass is 32.1. The SMILES string of the molecule is NC(=O)c1cc(NC(=O)c2ccc(N3CCCCCC3)cc2)cs1. The molecule has 5 nitrogen and oxygen atoms in total. The monoisotopic (exact) mass is 343 g/mol. The molecule has 0 spiro atoms. The summed E-state index contributed by atoms with van der Waals surface area (Å²) in [6, 6.07) is 9.29. The van der Waals surface area contributed by atoms with Gasteiger partial charge in [-0.1, -0.05) is 12.8 Å². The number of nitrogens with two attached hydrogens (primary N) is 1. The summed E-state index contributed by atoms with van der Waals surface area (Å²) in [6.07, 6.45) is 5.04. The van der Waals surface area contributed by atoms with Crippen LogP contribution in [-0.4, -0.2) is 24.9 Å². The second-order valence-electron chi connectivity index (χ2n) is 5.97. The molecule has 24 heavy (non-hydrogen) atoms. The molecule has 0 saturated carbocycles. The van der Waals surface area contributed by atoms with Crippen molar-refractivity contribution in [1.29, 1.82) is 0 Å². The molecule has 2 amide bonds. The first-order chi connectivity index (χ1) is 11.6. The Labute approximate surface area is 145 Å². The van der Waals surface area contributed by atoms with Gasteiger partial charge in [-0.3, -0.25) is 9.59 Å². The molecule has 0 unspecified atom stereocenters. The Morgan fingerprint density at radius 3 is 2.29 bits per heavy atom. The number of primary amides is 1. The third-order valence-electron chi connectivity index (χ3n) is 4.20. The van der Waals surface area contributed by atoms with Crippen LogP contribution in [0, 0.1) is 0 Å². The fourth-order valence-electron chi connectivity index (χ4n) is 2.89. The first-order valence-electron chi connectivity index (χ1n) is 8.18. The zero-order chi connectivity index (χ0) is 16.9. The maximum atomic E-state index is 12.3. The van der Waals surface area contributed by atoms with Gasteiger partial charge >= 0.3 is 0 Å². The number of hydrogen-bond donors (Lipinski definition) is 2. The predicted octanol–water partition coefficient (Wildman–Crippen LogP) is 3.48. The van der Waals surface area contributed by atoms with E-state index in [2.05, 4.69) is 10.2 Å². The zero-order valence-electron chi connectivity index (χ0n) is 13.5. The molecule has 0 bridgehead atoms. The summed E-state index contributed by atoms with van der Waals surface area (Å²) in [7, 11) is 0. The highest BCUT2D eigenvalue weighted by molar-refractivity contribution is 7.12. The van der Waals surface area contributed by atoms with E-state index in [1.54, 1.807) is 11.4 Å². The molecule has 0 radical (unpaired) electrons. The second-order valence-corrected chi connectivity index (χ2v) is 6.88. The molecule has 2 heterocycles. The van der Waals surface area contributed by atoms with E-state index < -0.39 is 5.91 Å². The van der Waals surface area contributed by atoms with Gasteiger partial charge in [0.15, 0.2) is 0 Å². The summed E-state index contributed by atoms with van der Waals surface area (Å²) < 4.78 is 0. The van der Waals surface area contributed by atoms with E-state index in [1.807, 2.05) is 24.3 Å². The standard InChI is InChI=1S/C18H21N3O2S/c19-17(22)16-11-14(12-24-16)20-18(23)13-5-7-15(8-6-13)21-9-3-1-2-4-10-21/h5-8,11-12H,1-4,9-10H2,(H2,19,22)(H,20,23). The Bertz CT molecular complexity index is 716. The number of amides is 2. The predicted molar refractivity (Wildman–Crippen MR) is 97.9 cm³/mol.